The Morgan fingerprint density at radius 2 is 2.00 bits per heavy atom. The zero-order valence-corrected chi connectivity index (χ0v) is 12.1. The molecule has 1 aliphatic carbocycles. The fourth-order valence-electron chi connectivity index (χ4n) is 3.51. The van der Waals surface area contributed by atoms with Gasteiger partial charge in [-0.1, -0.05) is 12.1 Å². The summed E-state index contributed by atoms with van der Waals surface area (Å²) in [5.74, 6) is -2.01. The van der Waals surface area contributed by atoms with Gasteiger partial charge in [0.25, 0.3) is 0 Å². The maximum Gasteiger partial charge on any atom is 0.480 e. The molecule has 1 aromatic rings. The predicted octanol–water partition coefficient (Wildman–Crippen LogP) is 1.85. The van der Waals surface area contributed by atoms with Gasteiger partial charge in [0.1, 0.15) is 11.9 Å². The van der Waals surface area contributed by atoms with Crippen molar-refractivity contribution in [1.29, 1.82) is 0 Å². The minimum Gasteiger partial charge on any atom is -0.300 e. The Balaban J connectivity index is 1.91. The summed E-state index contributed by atoms with van der Waals surface area (Å²) in [6.45, 7) is 0. The predicted molar refractivity (Wildman–Crippen MR) is 68.8 cm³/mol. The number of phosphoric acid groups is 1. The van der Waals surface area contributed by atoms with Gasteiger partial charge in [0.2, 0.25) is 5.79 Å². The molecular weight excluding hydrogens is 300 g/mol. The number of carbonyl (C=O) groups is 1. The van der Waals surface area contributed by atoms with Crippen molar-refractivity contribution in [3.63, 3.8) is 0 Å². The van der Waals surface area contributed by atoms with Crippen LogP contribution in [0.1, 0.15) is 18.4 Å². The molecule has 21 heavy (non-hydrogen) atoms. The summed E-state index contributed by atoms with van der Waals surface area (Å²) in [6, 6.07) is 5.51. The highest BCUT2D eigenvalue weighted by Crippen LogP contribution is 2.79. The average molecular weight is 313 g/mol. The van der Waals surface area contributed by atoms with Crippen molar-refractivity contribution in [3.8, 4) is 0 Å². The van der Waals surface area contributed by atoms with Crippen LogP contribution in [0.5, 0.6) is 0 Å². The third kappa shape index (κ3) is 1.45. The largest absolute Gasteiger partial charge is 0.480 e. The van der Waals surface area contributed by atoms with Crippen LogP contribution >= 0.6 is 7.82 Å². The normalized spacial score (nSPS) is 44.3. The van der Waals surface area contributed by atoms with Gasteiger partial charge in [-0.3, -0.25) is 14.6 Å². The minimum absolute atomic E-state index is 0.162. The zero-order chi connectivity index (χ0) is 14.9. The van der Waals surface area contributed by atoms with E-state index in [1.54, 1.807) is 7.05 Å². The van der Waals surface area contributed by atoms with E-state index < -0.39 is 31.1 Å². The molecule has 112 valence electrons. The number of Topliss-reactive ketones (excluding diaryl/α,β-unsaturated/α-hetero) is 1. The first kappa shape index (κ1) is 13.5. The lowest BCUT2D eigenvalue weighted by Gasteiger charge is -2.51. The summed E-state index contributed by atoms with van der Waals surface area (Å²) in [6.07, 6.45) is 0.0312. The number of rotatable bonds is 2. The summed E-state index contributed by atoms with van der Waals surface area (Å²) in [5, 5.41) is 2.95. The van der Waals surface area contributed by atoms with Crippen LogP contribution < -0.4 is 5.32 Å². The second kappa shape index (κ2) is 4.00. The second-order valence-electron chi connectivity index (χ2n) is 5.36. The topological polar surface area (TPSA) is 73.9 Å². The van der Waals surface area contributed by atoms with Crippen molar-refractivity contribution < 1.29 is 27.3 Å². The monoisotopic (exact) mass is 313 g/mol. The Kier molecular flexibility index (Phi) is 2.58. The molecule has 1 spiro atoms. The molecule has 6 nitrogen and oxygen atoms in total. The third-order valence-electron chi connectivity index (χ3n) is 4.40. The highest BCUT2D eigenvalue weighted by atomic mass is 31.2. The van der Waals surface area contributed by atoms with Gasteiger partial charge in [0.15, 0.2) is 11.3 Å². The number of halogens is 1. The number of phosphoric ester groups is 1. The van der Waals surface area contributed by atoms with E-state index >= 15 is 0 Å². The summed E-state index contributed by atoms with van der Waals surface area (Å²) in [4.78, 5) is 12.6. The Bertz CT molecular complexity index is 668. The lowest BCUT2D eigenvalue weighted by molar-refractivity contribution is -0.243. The minimum atomic E-state index is -3.53. The molecule has 3 saturated heterocycles. The van der Waals surface area contributed by atoms with Crippen LogP contribution in [-0.2, 0) is 28.5 Å². The SMILES string of the molecule is CN[C@]1(c2ccc(F)cc2)C(=O)CCC2OP3(=O)OC21O3. The number of likely N-dealkylation sites (N-methyl/N-ethyl adjacent to an activating group) is 1. The number of hydrogen-bond donors (Lipinski definition) is 1. The van der Waals surface area contributed by atoms with Crippen LogP contribution in [0.4, 0.5) is 4.39 Å². The summed E-state index contributed by atoms with van der Waals surface area (Å²) in [5.41, 5.74) is -0.855. The van der Waals surface area contributed by atoms with E-state index in [1.807, 2.05) is 0 Å². The molecule has 2 atom stereocenters. The summed E-state index contributed by atoms with van der Waals surface area (Å²) >= 11 is 0. The number of ketones is 1. The molecule has 1 unspecified atom stereocenters. The first-order valence-corrected chi connectivity index (χ1v) is 8.10. The molecule has 1 N–H and O–H groups in total. The van der Waals surface area contributed by atoms with Crippen LogP contribution in [0.3, 0.4) is 0 Å². The van der Waals surface area contributed by atoms with Crippen LogP contribution in [0.2, 0.25) is 0 Å². The third-order valence-corrected chi connectivity index (χ3v) is 5.90. The molecule has 1 aromatic carbocycles. The molecule has 8 heteroatoms. The Morgan fingerprint density at radius 1 is 1.33 bits per heavy atom. The maximum absolute atomic E-state index is 13.2. The average Bonchev–Trinajstić information content (AvgIpc) is 2.89. The molecule has 3 heterocycles. The summed E-state index contributed by atoms with van der Waals surface area (Å²) < 4.78 is 41.3. The summed E-state index contributed by atoms with van der Waals surface area (Å²) in [7, 11) is -1.94. The highest BCUT2D eigenvalue weighted by Gasteiger charge is 2.82. The fraction of sp³-hybridized carbons (Fsp3) is 0.462. The van der Waals surface area contributed by atoms with Gasteiger partial charge < -0.3 is 0 Å². The van der Waals surface area contributed by atoms with Crippen LogP contribution in [0, 0.1) is 5.82 Å². The van der Waals surface area contributed by atoms with Crippen molar-refractivity contribution >= 4 is 13.6 Å². The Hall–Kier alpha value is -1.11. The van der Waals surface area contributed by atoms with Crippen LogP contribution in [0.25, 0.3) is 0 Å². The van der Waals surface area contributed by atoms with Gasteiger partial charge >= 0.3 is 7.82 Å². The molecule has 4 aliphatic rings. The number of carbonyl (C=O) groups excluding carboxylic acids is 1. The molecule has 5 rings (SSSR count). The number of benzene rings is 1. The van der Waals surface area contributed by atoms with Crippen molar-refractivity contribution in [2.45, 2.75) is 30.3 Å². The molecule has 1 saturated carbocycles. The van der Waals surface area contributed by atoms with E-state index in [4.69, 9.17) is 13.6 Å². The lowest BCUT2D eigenvalue weighted by atomic mass is 9.69. The van der Waals surface area contributed by atoms with Gasteiger partial charge in [-0.15, -0.1) is 0 Å². The molecule has 3 aliphatic heterocycles. The second-order valence-corrected chi connectivity index (χ2v) is 6.83. The maximum atomic E-state index is 13.2. The van der Waals surface area contributed by atoms with Crippen LogP contribution in [-0.4, -0.2) is 24.7 Å². The van der Waals surface area contributed by atoms with Crippen molar-refractivity contribution in [2.75, 3.05) is 7.05 Å². The molecule has 2 bridgehead atoms. The standard InChI is InChI=1S/C13H13FNO5P/c1-15-12(8-2-4-9(14)5-3-8)10(16)6-7-11-13(12)19-21(17,18-11)20-13/h2-5,11,15H,6-7H2,1H3/t11?,12-,13?,21?/m1/s1. The van der Waals surface area contributed by atoms with Crippen LogP contribution in [0.15, 0.2) is 24.3 Å². The van der Waals surface area contributed by atoms with E-state index in [0.717, 1.165) is 0 Å². The zero-order valence-electron chi connectivity index (χ0n) is 11.2. The molecule has 0 radical (unpaired) electrons. The lowest BCUT2D eigenvalue weighted by Crippen LogP contribution is -2.72. The Labute approximate surface area is 120 Å². The number of hydrogen-bond acceptors (Lipinski definition) is 6. The highest BCUT2D eigenvalue weighted by molar-refractivity contribution is 7.50. The first-order chi connectivity index (χ1) is 9.96. The van der Waals surface area contributed by atoms with E-state index in [9.17, 15) is 13.8 Å². The van der Waals surface area contributed by atoms with Gasteiger partial charge in [0, 0.05) is 6.42 Å². The van der Waals surface area contributed by atoms with E-state index in [1.165, 1.54) is 24.3 Å². The first-order valence-electron chi connectivity index (χ1n) is 6.64. The quantitative estimate of drug-likeness (QED) is 0.840. The van der Waals surface area contributed by atoms with Gasteiger partial charge in [-0.2, -0.15) is 0 Å². The molecule has 0 amide bonds. The Morgan fingerprint density at radius 3 is 2.62 bits per heavy atom. The van der Waals surface area contributed by atoms with E-state index in [-0.39, 0.29) is 12.2 Å². The van der Waals surface area contributed by atoms with E-state index in [0.29, 0.717) is 12.0 Å². The van der Waals surface area contributed by atoms with Gasteiger partial charge in [-0.25, -0.2) is 18.0 Å². The molecule has 4 fully saturated rings. The van der Waals surface area contributed by atoms with E-state index in [2.05, 4.69) is 5.32 Å². The smallest absolute Gasteiger partial charge is 0.300 e. The van der Waals surface area contributed by atoms with Crippen molar-refractivity contribution in [3.05, 3.63) is 35.6 Å². The fourth-order valence-corrected chi connectivity index (χ4v) is 5.34. The van der Waals surface area contributed by atoms with Gasteiger partial charge in [-0.05, 0) is 31.2 Å². The molecular formula is C13H13FNO5P. The van der Waals surface area contributed by atoms with Crippen molar-refractivity contribution in [1.82, 2.24) is 5.32 Å². The van der Waals surface area contributed by atoms with Crippen molar-refractivity contribution in [2.24, 2.45) is 0 Å². The number of nitrogens with one attached hydrogen (secondary N) is 1. The molecule has 0 aromatic heterocycles. The van der Waals surface area contributed by atoms with Gasteiger partial charge in [0.05, 0.1) is 0 Å².